The Labute approximate surface area is 176 Å². The van der Waals surface area contributed by atoms with Crippen LogP contribution in [0.25, 0.3) is 0 Å². The average molecular weight is 435 g/mol. The van der Waals surface area contributed by atoms with Crippen molar-refractivity contribution in [1.29, 1.82) is 5.26 Å². The molecule has 0 saturated carbocycles. The van der Waals surface area contributed by atoms with Crippen LogP contribution in [0.5, 0.6) is 5.75 Å². The van der Waals surface area contributed by atoms with Crippen molar-refractivity contribution in [1.82, 2.24) is 14.9 Å². The van der Waals surface area contributed by atoms with Gasteiger partial charge in [-0.25, -0.2) is 14.8 Å². The van der Waals surface area contributed by atoms with E-state index in [4.69, 9.17) is 10.00 Å². The van der Waals surface area contributed by atoms with E-state index in [-0.39, 0.29) is 24.6 Å². The molecule has 1 amide bonds. The number of carbonyl (C=O) groups excluding carboxylic acids is 1. The van der Waals surface area contributed by atoms with Gasteiger partial charge in [0.05, 0.1) is 30.4 Å². The molecule has 1 aliphatic heterocycles. The Kier molecular flexibility index (Phi) is 5.92. The van der Waals surface area contributed by atoms with Gasteiger partial charge in [0.15, 0.2) is 0 Å². The highest BCUT2D eigenvalue weighted by Gasteiger charge is 2.31. The Hall–Kier alpha value is -3.55. The molecule has 3 rings (SSSR count). The summed E-state index contributed by atoms with van der Waals surface area (Å²) in [6, 6.07) is 5.43. The number of halogens is 3. The number of fused-ring (bicyclic) bond motifs is 1. The maximum Gasteiger partial charge on any atom is 0.573 e. The largest absolute Gasteiger partial charge is 0.573 e. The van der Waals surface area contributed by atoms with Crippen molar-refractivity contribution in [2.45, 2.75) is 52.4 Å². The lowest BCUT2D eigenvalue weighted by Gasteiger charge is -2.23. The molecule has 1 N–H and O–H groups in total. The first-order chi connectivity index (χ1) is 14.4. The Bertz CT molecular complexity index is 1030. The van der Waals surface area contributed by atoms with Gasteiger partial charge < -0.3 is 14.8 Å². The van der Waals surface area contributed by atoms with Crippen molar-refractivity contribution >= 4 is 12.0 Å². The molecule has 1 aliphatic rings. The molecule has 0 radical (unpaired) electrons. The predicted octanol–water partition coefficient (Wildman–Crippen LogP) is 4.11. The van der Waals surface area contributed by atoms with E-state index >= 15 is 0 Å². The number of nitrogens with one attached hydrogen (secondary N) is 1. The van der Waals surface area contributed by atoms with Crippen molar-refractivity contribution in [3.8, 4) is 11.8 Å². The van der Waals surface area contributed by atoms with Gasteiger partial charge in [-0.05, 0) is 44.5 Å². The van der Waals surface area contributed by atoms with Crippen molar-refractivity contribution in [2.75, 3.05) is 5.32 Å². The van der Waals surface area contributed by atoms with Gasteiger partial charge >= 0.3 is 12.5 Å². The Morgan fingerprint density at radius 2 is 2.00 bits per heavy atom. The zero-order valence-electron chi connectivity index (χ0n) is 17.1. The van der Waals surface area contributed by atoms with Gasteiger partial charge in [0.2, 0.25) is 5.95 Å². The fourth-order valence-electron chi connectivity index (χ4n) is 2.90. The normalized spacial score (nSPS) is 13.4. The van der Waals surface area contributed by atoms with Gasteiger partial charge in [0.25, 0.3) is 0 Å². The van der Waals surface area contributed by atoms with E-state index in [2.05, 4.69) is 20.0 Å². The summed E-state index contributed by atoms with van der Waals surface area (Å²) in [5, 5.41) is 12.0. The van der Waals surface area contributed by atoms with Crippen LogP contribution in [-0.4, -0.2) is 32.9 Å². The highest BCUT2D eigenvalue weighted by molar-refractivity contribution is 5.69. The highest BCUT2D eigenvalue weighted by Crippen LogP contribution is 2.26. The smallest absolute Gasteiger partial charge is 0.444 e. The number of hydrogen-bond donors (Lipinski definition) is 1. The first-order valence-electron chi connectivity index (χ1n) is 9.28. The number of ether oxygens (including phenoxy) is 2. The van der Waals surface area contributed by atoms with Crippen molar-refractivity contribution in [3.05, 3.63) is 46.8 Å². The number of benzene rings is 1. The van der Waals surface area contributed by atoms with Gasteiger partial charge in [0.1, 0.15) is 11.4 Å². The molecule has 2 aromatic rings. The lowest BCUT2D eigenvalue weighted by molar-refractivity contribution is -0.274. The first kappa shape index (κ1) is 22.1. The van der Waals surface area contributed by atoms with Crippen LogP contribution in [0.4, 0.5) is 23.9 Å². The number of rotatable bonds is 4. The standard InChI is InChI=1S/C20H20F3N5O3/c1-19(2,3)31-18(29)28-10-14-9-26-17(27-16(14)11-28)25-8-13-4-12(7-24)5-15(6-13)30-20(21,22)23/h4-6,9H,8,10-11H2,1-3H3,(H,25,26,27). The molecular formula is C20H20F3N5O3. The minimum atomic E-state index is -4.86. The summed E-state index contributed by atoms with van der Waals surface area (Å²) in [5.74, 6) is -0.239. The molecule has 0 aliphatic carbocycles. The zero-order valence-corrected chi connectivity index (χ0v) is 17.1. The van der Waals surface area contributed by atoms with Gasteiger partial charge in [0, 0.05) is 18.3 Å². The summed E-state index contributed by atoms with van der Waals surface area (Å²) >= 11 is 0. The van der Waals surface area contributed by atoms with Gasteiger partial charge in [-0.2, -0.15) is 5.26 Å². The van der Waals surface area contributed by atoms with Gasteiger partial charge in [-0.1, -0.05) is 0 Å². The Morgan fingerprint density at radius 3 is 2.65 bits per heavy atom. The monoisotopic (exact) mass is 435 g/mol. The maximum atomic E-state index is 12.5. The number of nitrogens with zero attached hydrogens (tertiary/aromatic N) is 4. The van der Waals surface area contributed by atoms with Crippen LogP contribution >= 0.6 is 0 Å². The molecular weight excluding hydrogens is 415 g/mol. The molecule has 0 unspecified atom stereocenters. The molecule has 31 heavy (non-hydrogen) atoms. The quantitative estimate of drug-likeness (QED) is 0.771. The van der Waals surface area contributed by atoms with Crippen molar-refractivity contribution in [3.63, 3.8) is 0 Å². The second-order valence-electron chi connectivity index (χ2n) is 7.88. The van der Waals surface area contributed by atoms with Crippen LogP contribution in [0.2, 0.25) is 0 Å². The van der Waals surface area contributed by atoms with E-state index in [9.17, 15) is 18.0 Å². The van der Waals surface area contributed by atoms with E-state index in [0.29, 0.717) is 17.8 Å². The number of aromatic nitrogens is 2. The van der Waals surface area contributed by atoms with Gasteiger partial charge in [-0.15, -0.1) is 13.2 Å². The number of amides is 1. The molecule has 0 bridgehead atoms. The van der Waals surface area contributed by atoms with Crippen molar-refractivity contribution < 1.29 is 27.4 Å². The van der Waals surface area contributed by atoms with Crippen LogP contribution < -0.4 is 10.1 Å². The lowest BCUT2D eigenvalue weighted by atomic mass is 10.1. The number of hydrogen-bond acceptors (Lipinski definition) is 7. The first-order valence-corrected chi connectivity index (χ1v) is 9.28. The fourth-order valence-corrected chi connectivity index (χ4v) is 2.90. The Morgan fingerprint density at radius 1 is 1.26 bits per heavy atom. The predicted molar refractivity (Wildman–Crippen MR) is 103 cm³/mol. The molecule has 2 heterocycles. The van der Waals surface area contributed by atoms with Crippen LogP contribution in [0, 0.1) is 11.3 Å². The zero-order chi connectivity index (χ0) is 22.8. The summed E-state index contributed by atoms with van der Waals surface area (Å²) in [5.41, 5.74) is 1.23. The van der Waals surface area contributed by atoms with E-state index in [1.54, 1.807) is 33.0 Å². The maximum absolute atomic E-state index is 12.5. The third-order valence-corrected chi connectivity index (χ3v) is 4.09. The van der Waals surface area contributed by atoms with Crippen LogP contribution in [0.3, 0.4) is 0 Å². The molecule has 0 atom stereocenters. The van der Waals surface area contributed by atoms with Crippen LogP contribution in [0.15, 0.2) is 24.4 Å². The summed E-state index contributed by atoms with van der Waals surface area (Å²) in [6.45, 7) is 5.99. The number of nitriles is 1. The molecule has 1 aromatic heterocycles. The average Bonchev–Trinajstić information content (AvgIpc) is 3.07. The summed E-state index contributed by atoms with van der Waals surface area (Å²) in [6.07, 6.45) is -3.73. The van der Waals surface area contributed by atoms with E-state index in [0.717, 1.165) is 11.6 Å². The van der Waals surface area contributed by atoms with Crippen molar-refractivity contribution in [2.24, 2.45) is 0 Å². The van der Waals surface area contributed by atoms with E-state index < -0.39 is 23.8 Å². The minimum Gasteiger partial charge on any atom is -0.444 e. The highest BCUT2D eigenvalue weighted by atomic mass is 19.4. The molecule has 11 heteroatoms. The Balaban J connectivity index is 1.67. The lowest BCUT2D eigenvalue weighted by Crippen LogP contribution is -2.33. The molecule has 8 nitrogen and oxygen atoms in total. The number of alkyl halides is 3. The fraction of sp³-hybridized carbons (Fsp3) is 0.400. The second-order valence-corrected chi connectivity index (χ2v) is 7.88. The topological polar surface area (TPSA) is 100 Å². The van der Waals surface area contributed by atoms with Crippen LogP contribution in [-0.2, 0) is 24.4 Å². The SMILES string of the molecule is CC(C)(C)OC(=O)N1Cc2cnc(NCc3cc(C#N)cc(OC(F)(F)F)c3)nc2C1. The van der Waals surface area contributed by atoms with Gasteiger partial charge in [-0.3, -0.25) is 4.90 Å². The van der Waals surface area contributed by atoms with E-state index in [1.807, 2.05) is 0 Å². The van der Waals surface area contributed by atoms with Crippen LogP contribution in [0.1, 0.15) is 43.2 Å². The summed E-state index contributed by atoms with van der Waals surface area (Å²) in [4.78, 5) is 22.3. The summed E-state index contributed by atoms with van der Waals surface area (Å²) < 4.78 is 46.7. The molecule has 0 fully saturated rings. The molecule has 164 valence electrons. The summed E-state index contributed by atoms with van der Waals surface area (Å²) in [7, 11) is 0. The minimum absolute atomic E-state index is 0.0291. The molecule has 0 spiro atoms. The molecule has 1 aromatic carbocycles. The molecule has 0 saturated heterocycles. The number of carbonyl (C=O) groups is 1. The number of anilines is 1. The second kappa shape index (κ2) is 8.29. The third kappa shape index (κ3) is 6.21. The van der Waals surface area contributed by atoms with E-state index in [1.165, 1.54) is 17.0 Å². The third-order valence-electron chi connectivity index (χ3n) is 4.09.